The Kier molecular flexibility index (Phi) is 12.5. The molecule has 0 spiro atoms. The van der Waals surface area contributed by atoms with Gasteiger partial charge in [-0.2, -0.15) is 0 Å². The first-order valence-electron chi connectivity index (χ1n) is 21.4. The first kappa shape index (κ1) is 41.5. The molecule has 0 saturated carbocycles. The fraction of sp³-hybridized carbons (Fsp3) is 0.164. The average molecular weight is 972 g/mol. The van der Waals surface area contributed by atoms with Crippen molar-refractivity contribution in [1.29, 1.82) is 0 Å². The minimum absolute atomic E-state index is 0. The molecule has 5 heterocycles. The number of aryl methyl sites for hydroxylation is 3. The van der Waals surface area contributed by atoms with E-state index in [0.717, 1.165) is 122 Å². The van der Waals surface area contributed by atoms with Gasteiger partial charge < -0.3 is 14.7 Å². The van der Waals surface area contributed by atoms with E-state index in [1.807, 2.05) is 36.4 Å². The van der Waals surface area contributed by atoms with Gasteiger partial charge in [0, 0.05) is 9.13 Å². The molecule has 0 unspecified atom stereocenters. The number of aromatic nitrogens is 4. The number of rotatable bonds is 10. The molecule has 0 amide bonds. The number of terminal acetylenes is 1. The predicted octanol–water partition coefficient (Wildman–Crippen LogP) is 14.0. The maximum Gasteiger partial charge on any atom is 2.00 e. The summed E-state index contributed by atoms with van der Waals surface area (Å²) in [5.41, 5.74) is 18.7. The van der Waals surface area contributed by atoms with E-state index in [4.69, 9.17) is 26.0 Å². The van der Waals surface area contributed by atoms with Crippen molar-refractivity contribution in [2.45, 2.75) is 53.4 Å². The van der Waals surface area contributed by atoms with Crippen LogP contribution in [0.5, 0.6) is 5.75 Å². The Morgan fingerprint density at radius 3 is 1.52 bits per heavy atom. The number of unbranched alkanes of at least 4 members (excludes halogenated alkanes) is 3. The largest absolute Gasteiger partial charge is 2.00 e. The van der Waals surface area contributed by atoms with E-state index >= 15 is 0 Å². The van der Waals surface area contributed by atoms with E-state index in [1.165, 1.54) is 24.8 Å². The first-order chi connectivity index (χ1) is 30.3. The van der Waals surface area contributed by atoms with Crippen LogP contribution in [0.15, 0.2) is 109 Å². The SMILES string of the molecule is [3H]C#Cc1ccc(-c2c3nc(c(-c4c(C)cc(C)cc4C)c4ccc([n-]4)c(-c4ccc(I)cc4)c4nc(c(-c5ccc(OCCCCCC)cc5)c5ccc2[n-]5)C=C4)C=C3)cc1.[Zn+2]. The smallest absolute Gasteiger partial charge is 0.657 e. The second-order valence-corrected chi connectivity index (χ2v) is 17.0. The van der Waals surface area contributed by atoms with E-state index in [1.54, 1.807) is 0 Å². The van der Waals surface area contributed by atoms with Crippen LogP contribution in [0.2, 0.25) is 0 Å². The Balaban J connectivity index is 0.00000544. The average Bonchev–Trinajstić information content (AvgIpc) is 4.12. The topological polar surface area (TPSA) is 63.2 Å². The van der Waals surface area contributed by atoms with Gasteiger partial charge in [0.15, 0.2) is 0 Å². The fourth-order valence-electron chi connectivity index (χ4n) is 8.58. The van der Waals surface area contributed by atoms with Gasteiger partial charge in [-0.1, -0.05) is 110 Å². The molecule has 2 aliphatic heterocycles. The third-order valence-corrected chi connectivity index (χ3v) is 12.1. The molecule has 0 radical (unpaired) electrons. The van der Waals surface area contributed by atoms with Crippen molar-refractivity contribution in [2.24, 2.45) is 0 Å². The third kappa shape index (κ3) is 8.64. The number of nitrogens with zero attached hydrogens (tertiary/aromatic N) is 4. The first-order valence-corrected chi connectivity index (χ1v) is 22.0. The minimum atomic E-state index is 0. The predicted molar refractivity (Wildman–Crippen MR) is 263 cm³/mol. The van der Waals surface area contributed by atoms with Crippen LogP contribution in [0.3, 0.4) is 0 Å². The van der Waals surface area contributed by atoms with Crippen molar-refractivity contribution in [2.75, 3.05) is 6.61 Å². The molecule has 8 bridgehead atoms. The molecule has 3 aromatic heterocycles. The summed E-state index contributed by atoms with van der Waals surface area (Å²) in [4.78, 5) is 21.8. The molecular weight excluding hydrogens is 925 g/mol. The van der Waals surface area contributed by atoms with Crippen molar-refractivity contribution in [3.63, 3.8) is 0 Å². The van der Waals surface area contributed by atoms with Crippen molar-refractivity contribution in [3.8, 4) is 62.6 Å². The van der Waals surface area contributed by atoms with Crippen molar-refractivity contribution in [1.82, 2.24) is 19.9 Å². The zero-order chi connectivity index (χ0) is 42.7. The monoisotopic (exact) mass is 970 g/mol. The summed E-state index contributed by atoms with van der Waals surface area (Å²) >= 11 is 2.36. The van der Waals surface area contributed by atoms with E-state index in [0.29, 0.717) is 6.61 Å². The molecule has 0 saturated heterocycles. The number of hydrogen-bond acceptors (Lipinski definition) is 3. The minimum Gasteiger partial charge on any atom is -0.657 e. The quantitative estimate of drug-likeness (QED) is 0.0591. The van der Waals surface area contributed by atoms with E-state index < -0.39 is 0 Å². The maximum absolute atomic E-state index is 7.47. The fourth-order valence-corrected chi connectivity index (χ4v) is 8.94. The van der Waals surface area contributed by atoms with Crippen molar-refractivity contribution in [3.05, 3.63) is 158 Å². The van der Waals surface area contributed by atoms with Crippen LogP contribution in [-0.2, 0) is 19.5 Å². The third-order valence-electron chi connectivity index (χ3n) is 11.4. The Morgan fingerprint density at radius 2 is 1.03 bits per heavy atom. The Hall–Kier alpha value is -5.81. The molecule has 9 rings (SSSR count). The van der Waals surface area contributed by atoms with Crippen LogP contribution >= 0.6 is 22.6 Å². The van der Waals surface area contributed by atoms with Crippen molar-refractivity contribution < 1.29 is 25.6 Å². The summed E-state index contributed by atoms with van der Waals surface area (Å²) < 4.78 is 14.8. The van der Waals surface area contributed by atoms with Crippen LogP contribution in [0.4, 0.5) is 0 Å². The van der Waals surface area contributed by atoms with Gasteiger partial charge in [0.2, 0.25) is 0 Å². The number of hydrogen-bond donors (Lipinski definition) is 0. The number of ether oxygens (including phenoxy) is 1. The Bertz CT molecular complexity index is 3110. The molecule has 2 aliphatic rings. The number of halogens is 1. The van der Waals surface area contributed by atoms with Crippen LogP contribution in [-0.4, -0.2) is 16.6 Å². The van der Waals surface area contributed by atoms with Gasteiger partial charge in [0.25, 0.3) is 0 Å². The second-order valence-electron chi connectivity index (χ2n) is 15.8. The molecule has 4 aromatic carbocycles. The van der Waals surface area contributed by atoms with Gasteiger partial charge in [-0.15, -0.1) is 28.5 Å². The molecule has 0 atom stereocenters. The zero-order valence-electron chi connectivity index (χ0n) is 36.5. The Morgan fingerprint density at radius 1 is 0.581 bits per heavy atom. The number of benzene rings is 4. The molecule has 5 nitrogen and oxygen atoms in total. The molecule has 7 heteroatoms. The van der Waals surface area contributed by atoms with Crippen LogP contribution in [0, 0.1) is 36.7 Å². The van der Waals surface area contributed by atoms with Gasteiger partial charge in [-0.3, -0.25) is 0 Å². The van der Waals surface area contributed by atoms with E-state index in [2.05, 4.69) is 160 Å². The zero-order valence-corrected chi connectivity index (χ0v) is 40.6. The molecular formula is C55H45IN4OZn. The van der Waals surface area contributed by atoms with Gasteiger partial charge >= 0.3 is 19.5 Å². The Labute approximate surface area is 392 Å². The molecule has 0 aliphatic carbocycles. The molecule has 0 N–H and O–H groups in total. The van der Waals surface area contributed by atoms with E-state index in [9.17, 15) is 0 Å². The standard InChI is InChI=1S/C55H45IN4O.Zn/c1-6-8-9-10-31-61-42-21-17-40(18-22-42)54-45-25-23-43(57-45)52(38-13-11-37(7-2)12-14-38)47-27-29-49(59-47)55(51-35(4)32-34(3)33-36(51)5)50-30-28-48(60-50)53(44-24-26-46(54)58-44)39-15-19-41(56)20-16-39;/h2,11-30,32-33H,6,8-10,31H2,1,3-5H3;/q-2;+2/i2T;. The van der Waals surface area contributed by atoms with Crippen LogP contribution < -0.4 is 14.7 Å². The van der Waals surface area contributed by atoms with Gasteiger partial charge in [-0.05, 0) is 166 Å². The summed E-state index contributed by atoms with van der Waals surface area (Å²) in [6.45, 7) is 9.40. The van der Waals surface area contributed by atoms with Gasteiger partial charge in [0.05, 0.1) is 29.4 Å². The summed E-state index contributed by atoms with van der Waals surface area (Å²) in [5, 5.41) is 0. The summed E-state index contributed by atoms with van der Waals surface area (Å²) in [6, 6.07) is 37.8. The molecule has 7 aromatic rings. The van der Waals surface area contributed by atoms with Crippen LogP contribution in [0.1, 0.15) is 79.0 Å². The van der Waals surface area contributed by atoms with Crippen molar-refractivity contribution >= 4 is 69.0 Å². The maximum atomic E-state index is 7.47. The molecule has 0 fully saturated rings. The normalized spacial score (nSPS) is 11.8. The van der Waals surface area contributed by atoms with Gasteiger partial charge in [0.1, 0.15) is 7.12 Å². The second kappa shape index (κ2) is 18.7. The van der Waals surface area contributed by atoms with Gasteiger partial charge in [-0.25, -0.2) is 9.97 Å². The number of fused-ring (bicyclic) bond motifs is 8. The summed E-state index contributed by atoms with van der Waals surface area (Å²) in [5.74, 6) is 3.71. The van der Waals surface area contributed by atoms with E-state index in [-0.39, 0.29) is 19.5 Å². The molecule has 62 heavy (non-hydrogen) atoms. The summed E-state index contributed by atoms with van der Waals surface area (Å²) in [7, 11) is 0. The van der Waals surface area contributed by atoms with Crippen LogP contribution in [0.25, 0.3) is 90.9 Å². The molecule has 300 valence electrons. The summed E-state index contributed by atoms with van der Waals surface area (Å²) in [6.07, 6.45) is 15.3.